The summed E-state index contributed by atoms with van der Waals surface area (Å²) in [4.78, 5) is 10.4. The molecule has 0 N–H and O–H groups in total. The molecule has 1 fully saturated rings. The van der Waals surface area contributed by atoms with E-state index >= 15 is 0 Å². The van der Waals surface area contributed by atoms with Crippen LogP contribution in [-0.2, 0) is 4.74 Å². The standard InChI is InChI=1S/C11H14ClN5O/c1-7-5-18-8(2)4-16(7)10-3-9(12)15-11-13-6-14-17(10)11/h3,6-8H,4-5H2,1-2H3. The third-order valence-electron chi connectivity index (χ3n) is 3.10. The van der Waals surface area contributed by atoms with Crippen LogP contribution in [0.25, 0.3) is 5.78 Å². The van der Waals surface area contributed by atoms with E-state index in [4.69, 9.17) is 16.3 Å². The van der Waals surface area contributed by atoms with Crippen molar-refractivity contribution < 1.29 is 4.74 Å². The molecule has 0 aromatic carbocycles. The number of ether oxygens (including phenoxy) is 1. The Morgan fingerprint density at radius 2 is 2.28 bits per heavy atom. The molecule has 18 heavy (non-hydrogen) atoms. The maximum Gasteiger partial charge on any atom is 0.255 e. The van der Waals surface area contributed by atoms with Crippen molar-refractivity contribution >= 4 is 23.2 Å². The van der Waals surface area contributed by atoms with Gasteiger partial charge in [-0.3, -0.25) is 0 Å². The maximum atomic E-state index is 6.03. The Morgan fingerprint density at radius 1 is 1.44 bits per heavy atom. The molecule has 6 nitrogen and oxygen atoms in total. The van der Waals surface area contributed by atoms with Crippen LogP contribution in [0.5, 0.6) is 0 Å². The minimum Gasteiger partial charge on any atom is -0.375 e. The number of nitrogens with zero attached hydrogens (tertiary/aromatic N) is 5. The molecule has 0 bridgehead atoms. The van der Waals surface area contributed by atoms with Gasteiger partial charge in [0.2, 0.25) is 0 Å². The summed E-state index contributed by atoms with van der Waals surface area (Å²) in [5, 5.41) is 4.62. The number of rotatable bonds is 1. The molecule has 3 rings (SSSR count). The van der Waals surface area contributed by atoms with Gasteiger partial charge in [-0.2, -0.15) is 19.6 Å². The molecule has 2 atom stereocenters. The molecule has 0 amide bonds. The molecule has 96 valence electrons. The van der Waals surface area contributed by atoms with Crippen molar-refractivity contribution in [2.75, 3.05) is 18.1 Å². The highest BCUT2D eigenvalue weighted by atomic mass is 35.5. The van der Waals surface area contributed by atoms with Crippen molar-refractivity contribution in [1.82, 2.24) is 19.6 Å². The summed E-state index contributed by atoms with van der Waals surface area (Å²) >= 11 is 6.03. The van der Waals surface area contributed by atoms with Gasteiger partial charge in [0.05, 0.1) is 18.8 Å². The fourth-order valence-electron chi connectivity index (χ4n) is 2.20. The van der Waals surface area contributed by atoms with Gasteiger partial charge in [0, 0.05) is 12.6 Å². The molecule has 1 aliphatic heterocycles. The van der Waals surface area contributed by atoms with Crippen LogP contribution in [0.3, 0.4) is 0 Å². The fourth-order valence-corrected chi connectivity index (χ4v) is 2.37. The summed E-state index contributed by atoms with van der Waals surface area (Å²) in [7, 11) is 0. The summed E-state index contributed by atoms with van der Waals surface area (Å²) in [6.07, 6.45) is 1.67. The van der Waals surface area contributed by atoms with Crippen LogP contribution < -0.4 is 4.90 Å². The smallest absolute Gasteiger partial charge is 0.255 e. The molecule has 0 aliphatic carbocycles. The molecule has 0 radical (unpaired) electrons. The largest absolute Gasteiger partial charge is 0.375 e. The molecule has 0 spiro atoms. The highest BCUT2D eigenvalue weighted by molar-refractivity contribution is 6.29. The predicted octanol–water partition coefficient (Wildman–Crippen LogP) is 1.39. The highest BCUT2D eigenvalue weighted by Crippen LogP contribution is 2.24. The second-order valence-corrected chi connectivity index (χ2v) is 4.94. The highest BCUT2D eigenvalue weighted by Gasteiger charge is 2.26. The SMILES string of the molecule is CC1CN(c2cc(Cl)nc3ncnn23)C(C)CO1. The van der Waals surface area contributed by atoms with Gasteiger partial charge in [0.25, 0.3) is 5.78 Å². The minimum absolute atomic E-state index is 0.187. The van der Waals surface area contributed by atoms with Crippen molar-refractivity contribution in [2.24, 2.45) is 0 Å². The first-order valence-corrected chi connectivity index (χ1v) is 6.27. The Labute approximate surface area is 110 Å². The second-order valence-electron chi connectivity index (χ2n) is 4.55. The zero-order chi connectivity index (χ0) is 12.7. The monoisotopic (exact) mass is 267 g/mol. The molecular weight excluding hydrogens is 254 g/mol. The first-order valence-electron chi connectivity index (χ1n) is 5.89. The first kappa shape index (κ1) is 11.7. The zero-order valence-electron chi connectivity index (χ0n) is 10.2. The number of anilines is 1. The van der Waals surface area contributed by atoms with E-state index in [1.807, 2.05) is 6.07 Å². The van der Waals surface area contributed by atoms with Gasteiger partial charge in [-0.1, -0.05) is 11.6 Å². The first-order chi connectivity index (χ1) is 8.65. The summed E-state index contributed by atoms with van der Waals surface area (Å²) in [6, 6.07) is 2.09. The van der Waals surface area contributed by atoms with Crippen LogP contribution in [0.2, 0.25) is 5.15 Å². The lowest BCUT2D eigenvalue weighted by Crippen LogP contribution is -2.48. The molecule has 1 aliphatic rings. The van der Waals surface area contributed by atoms with E-state index in [2.05, 4.69) is 33.8 Å². The Bertz CT molecular complexity index is 572. The van der Waals surface area contributed by atoms with Crippen LogP contribution in [0, 0.1) is 0 Å². The van der Waals surface area contributed by atoms with E-state index in [1.54, 1.807) is 4.52 Å². The minimum atomic E-state index is 0.187. The number of morpholine rings is 1. The van der Waals surface area contributed by atoms with Crippen molar-refractivity contribution in [1.29, 1.82) is 0 Å². The van der Waals surface area contributed by atoms with Crippen LogP contribution in [0.15, 0.2) is 12.4 Å². The van der Waals surface area contributed by atoms with Crippen LogP contribution in [0.4, 0.5) is 5.82 Å². The van der Waals surface area contributed by atoms with Gasteiger partial charge in [0.15, 0.2) is 0 Å². The van der Waals surface area contributed by atoms with E-state index in [0.29, 0.717) is 17.5 Å². The molecular formula is C11H14ClN5O. The number of aromatic nitrogens is 4. The Hall–Kier alpha value is -1.40. The van der Waals surface area contributed by atoms with E-state index < -0.39 is 0 Å². The lowest BCUT2D eigenvalue weighted by Gasteiger charge is -2.38. The van der Waals surface area contributed by atoms with Crippen molar-refractivity contribution in [3.63, 3.8) is 0 Å². The maximum absolute atomic E-state index is 6.03. The third-order valence-corrected chi connectivity index (χ3v) is 3.30. The van der Waals surface area contributed by atoms with Crippen LogP contribution in [0.1, 0.15) is 13.8 Å². The van der Waals surface area contributed by atoms with E-state index in [0.717, 1.165) is 12.4 Å². The van der Waals surface area contributed by atoms with Gasteiger partial charge < -0.3 is 9.64 Å². The summed E-state index contributed by atoms with van der Waals surface area (Å²) in [5.41, 5.74) is 0. The van der Waals surface area contributed by atoms with Gasteiger partial charge in [-0.25, -0.2) is 0 Å². The van der Waals surface area contributed by atoms with Crippen molar-refractivity contribution in [3.8, 4) is 0 Å². The lowest BCUT2D eigenvalue weighted by molar-refractivity contribution is 0.0339. The molecule has 7 heteroatoms. The number of fused-ring (bicyclic) bond motifs is 1. The molecule has 0 saturated carbocycles. The quantitative estimate of drug-likeness (QED) is 0.731. The number of halogens is 1. The lowest BCUT2D eigenvalue weighted by atomic mass is 10.2. The van der Waals surface area contributed by atoms with Crippen LogP contribution >= 0.6 is 11.6 Å². The van der Waals surface area contributed by atoms with Gasteiger partial charge in [-0.15, -0.1) is 0 Å². The van der Waals surface area contributed by atoms with E-state index in [-0.39, 0.29) is 12.1 Å². The summed E-state index contributed by atoms with van der Waals surface area (Å²) in [5.74, 6) is 1.42. The third kappa shape index (κ3) is 1.91. The average Bonchev–Trinajstić information content (AvgIpc) is 2.79. The topological polar surface area (TPSA) is 55.6 Å². The Morgan fingerprint density at radius 3 is 3.11 bits per heavy atom. The number of hydrogen-bond donors (Lipinski definition) is 0. The van der Waals surface area contributed by atoms with E-state index in [9.17, 15) is 0 Å². The molecule has 2 unspecified atom stereocenters. The van der Waals surface area contributed by atoms with E-state index in [1.165, 1.54) is 6.33 Å². The van der Waals surface area contributed by atoms with Crippen molar-refractivity contribution in [3.05, 3.63) is 17.5 Å². The van der Waals surface area contributed by atoms with Gasteiger partial charge >= 0.3 is 0 Å². The van der Waals surface area contributed by atoms with Crippen LogP contribution in [-0.4, -0.2) is 44.9 Å². The Kier molecular flexibility index (Phi) is 2.83. The number of hydrogen-bond acceptors (Lipinski definition) is 5. The predicted molar refractivity (Wildman–Crippen MR) is 68.0 cm³/mol. The fraction of sp³-hybridized carbons (Fsp3) is 0.545. The summed E-state index contributed by atoms with van der Waals surface area (Å²) in [6.45, 7) is 5.66. The normalized spacial score (nSPS) is 24.7. The molecule has 2 aromatic heterocycles. The second kappa shape index (κ2) is 4.37. The average molecular weight is 268 g/mol. The molecule has 1 saturated heterocycles. The zero-order valence-corrected chi connectivity index (χ0v) is 11.0. The van der Waals surface area contributed by atoms with Crippen molar-refractivity contribution in [2.45, 2.75) is 26.0 Å². The Balaban J connectivity index is 2.09. The molecule has 2 aromatic rings. The molecule has 3 heterocycles. The van der Waals surface area contributed by atoms with Gasteiger partial charge in [-0.05, 0) is 13.8 Å². The van der Waals surface area contributed by atoms with Gasteiger partial charge in [0.1, 0.15) is 17.3 Å². The summed E-state index contributed by atoms with van der Waals surface area (Å²) < 4.78 is 7.34.